The molecule has 5 nitrogen and oxygen atoms in total. The molecule has 0 aromatic heterocycles. The van der Waals surface area contributed by atoms with Crippen molar-refractivity contribution in [2.45, 2.75) is 0 Å². The second-order valence-corrected chi connectivity index (χ2v) is 3.21. The summed E-state index contributed by atoms with van der Waals surface area (Å²) in [6, 6.07) is 0. The van der Waals surface area contributed by atoms with Gasteiger partial charge in [-0.05, 0) is 0 Å². The Balaban J connectivity index is 1.96. The van der Waals surface area contributed by atoms with Crippen LogP contribution in [-0.4, -0.2) is 67.6 Å². The molecule has 3 N–H and O–H groups in total. The number of hydrogen-bond donors (Lipinski definition) is 2. The summed E-state index contributed by atoms with van der Waals surface area (Å²) in [7, 11) is 0. The van der Waals surface area contributed by atoms with Crippen molar-refractivity contribution in [1.29, 1.82) is 0 Å². The van der Waals surface area contributed by atoms with Crippen molar-refractivity contribution in [2.24, 2.45) is 5.84 Å². The van der Waals surface area contributed by atoms with E-state index in [-0.39, 0.29) is 6.61 Å². The monoisotopic (exact) mass is 189 g/mol. The van der Waals surface area contributed by atoms with Crippen LogP contribution in [0.1, 0.15) is 0 Å². The molecule has 1 aliphatic heterocycles. The van der Waals surface area contributed by atoms with Crippen LogP contribution in [0.2, 0.25) is 0 Å². The third-order valence-electron chi connectivity index (χ3n) is 2.19. The smallest absolute Gasteiger partial charge is 0.0698 e. The van der Waals surface area contributed by atoms with E-state index >= 15 is 0 Å². The maximum absolute atomic E-state index is 8.48. The predicted octanol–water partition coefficient (Wildman–Crippen LogP) is -1.51. The van der Waals surface area contributed by atoms with Crippen molar-refractivity contribution >= 4 is 0 Å². The van der Waals surface area contributed by atoms with Crippen LogP contribution in [0.3, 0.4) is 0 Å². The van der Waals surface area contributed by atoms with E-state index < -0.39 is 0 Å². The molecular weight excluding hydrogens is 170 g/mol. The number of hydrogen-bond acceptors (Lipinski definition) is 5. The Morgan fingerprint density at radius 3 is 2.46 bits per heavy atom. The lowest BCUT2D eigenvalue weighted by atomic mass is 10.3. The third kappa shape index (κ3) is 4.54. The molecule has 0 aliphatic carbocycles. The third-order valence-corrected chi connectivity index (χ3v) is 2.19. The first-order chi connectivity index (χ1) is 6.33. The highest BCUT2D eigenvalue weighted by Gasteiger charge is 2.12. The zero-order chi connectivity index (χ0) is 9.52. The maximum atomic E-state index is 8.48. The Morgan fingerprint density at radius 2 is 1.85 bits per heavy atom. The van der Waals surface area contributed by atoms with Crippen LogP contribution in [0.5, 0.6) is 0 Å². The first-order valence-electron chi connectivity index (χ1n) is 4.73. The van der Waals surface area contributed by atoms with Crippen molar-refractivity contribution in [3.8, 4) is 0 Å². The van der Waals surface area contributed by atoms with Gasteiger partial charge < -0.3 is 9.84 Å². The second-order valence-electron chi connectivity index (χ2n) is 3.21. The molecule has 1 aliphatic rings. The lowest BCUT2D eigenvalue weighted by molar-refractivity contribution is 0.0576. The van der Waals surface area contributed by atoms with Gasteiger partial charge in [-0.15, -0.1) is 0 Å². The fourth-order valence-corrected chi connectivity index (χ4v) is 1.35. The van der Waals surface area contributed by atoms with Gasteiger partial charge in [0.1, 0.15) is 0 Å². The van der Waals surface area contributed by atoms with Gasteiger partial charge in [-0.2, -0.15) is 0 Å². The van der Waals surface area contributed by atoms with Gasteiger partial charge >= 0.3 is 0 Å². The number of hydrazine groups is 1. The standard InChI is InChI=1S/C8H19N3O2/c9-11-3-1-10(2-4-11)5-7-13-8-6-12/h12H,1-9H2. The van der Waals surface area contributed by atoms with Crippen LogP contribution in [0.15, 0.2) is 0 Å². The minimum atomic E-state index is 0.108. The van der Waals surface area contributed by atoms with Crippen LogP contribution < -0.4 is 5.84 Å². The summed E-state index contributed by atoms with van der Waals surface area (Å²) in [5, 5.41) is 10.3. The molecular formula is C8H19N3O2. The lowest BCUT2D eigenvalue weighted by Crippen LogP contribution is -2.50. The highest BCUT2D eigenvalue weighted by atomic mass is 16.5. The van der Waals surface area contributed by atoms with Crippen LogP contribution in [0.25, 0.3) is 0 Å². The summed E-state index contributed by atoms with van der Waals surface area (Å²) >= 11 is 0. The van der Waals surface area contributed by atoms with E-state index in [1.165, 1.54) is 0 Å². The predicted molar refractivity (Wildman–Crippen MR) is 50.1 cm³/mol. The number of rotatable bonds is 5. The topological polar surface area (TPSA) is 62.0 Å². The molecule has 1 heterocycles. The lowest BCUT2D eigenvalue weighted by Gasteiger charge is -2.31. The first-order valence-corrected chi connectivity index (χ1v) is 4.73. The van der Waals surface area contributed by atoms with Gasteiger partial charge in [-0.25, -0.2) is 5.01 Å². The summed E-state index contributed by atoms with van der Waals surface area (Å²) in [6.07, 6.45) is 0. The number of piperazine rings is 1. The van der Waals surface area contributed by atoms with Crippen molar-refractivity contribution in [1.82, 2.24) is 9.91 Å². The number of ether oxygens (including phenoxy) is 1. The zero-order valence-corrected chi connectivity index (χ0v) is 7.98. The van der Waals surface area contributed by atoms with Crippen molar-refractivity contribution in [2.75, 3.05) is 52.5 Å². The number of nitrogens with two attached hydrogens (primary N) is 1. The molecule has 0 aromatic rings. The van der Waals surface area contributed by atoms with Gasteiger partial charge in [-0.3, -0.25) is 10.7 Å². The van der Waals surface area contributed by atoms with E-state index in [0.29, 0.717) is 13.2 Å². The highest BCUT2D eigenvalue weighted by molar-refractivity contribution is 4.67. The fourth-order valence-electron chi connectivity index (χ4n) is 1.35. The molecule has 0 spiro atoms. The molecule has 1 rings (SSSR count). The van der Waals surface area contributed by atoms with Crippen LogP contribution >= 0.6 is 0 Å². The molecule has 5 heteroatoms. The average molecular weight is 189 g/mol. The maximum Gasteiger partial charge on any atom is 0.0698 e. The average Bonchev–Trinajstić information content (AvgIpc) is 2.15. The SMILES string of the molecule is NN1CCN(CCOCCO)CC1. The summed E-state index contributed by atoms with van der Waals surface area (Å²) in [4.78, 5) is 2.32. The number of aliphatic hydroxyl groups excluding tert-OH is 1. The molecule has 0 bridgehead atoms. The van der Waals surface area contributed by atoms with Crippen LogP contribution in [-0.2, 0) is 4.74 Å². The van der Waals surface area contributed by atoms with E-state index in [1.807, 2.05) is 5.01 Å². The minimum Gasteiger partial charge on any atom is -0.394 e. The van der Waals surface area contributed by atoms with E-state index in [2.05, 4.69) is 4.90 Å². The normalized spacial score (nSPS) is 20.8. The first kappa shape index (κ1) is 10.9. The minimum absolute atomic E-state index is 0.108. The molecule has 0 amide bonds. The van der Waals surface area contributed by atoms with Crippen molar-refractivity contribution < 1.29 is 9.84 Å². The number of nitrogens with zero attached hydrogens (tertiary/aromatic N) is 2. The van der Waals surface area contributed by atoms with Gasteiger partial charge in [0.15, 0.2) is 0 Å². The van der Waals surface area contributed by atoms with Crippen LogP contribution in [0, 0.1) is 0 Å². The van der Waals surface area contributed by atoms with Gasteiger partial charge in [0.25, 0.3) is 0 Å². The Labute approximate surface area is 79.0 Å². The zero-order valence-electron chi connectivity index (χ0n) is 7.98. The van der Waals surface area contributed by atoms with E-state index in [0.717, 1.165) is 32.7 Å². The van der Waals surface area contributed by atoms with Crippen molar-refractivity contribution in [3.63, 3.8) is 0 Å². The molecule has 78 valence electrons. The van der Waals surface area contributed by atoms with Gasteiger partial charge in [0, 0.05) is 32.7 Å². The summed E-state index contributed by atoms with van der Waals surface area (Å²) in [6.45, 7) is 6.07. The largest absolute Gasteiger partial charge is 0.394 e. The molecule has 13 heavy (non-hydrogen) atoms. The second kappa shape index (κ2) is 6.28. The molecule has 0 saturated carbocycles. The molecule has 1 saturated heterocycles. The highest BCUT2D eigenvalue weighted by Crippen LogP contribution is 1.96. The van der Waals surface area contributed by atoms with Crippen molar-refractivity contribution in [3.05, 3.63) is 0 Å². The van der Waals surface area contributed by atoms with Gasteiger partial charge in [-0.1, -0.05) is 0 Å². The number of aliphatic hydroxyl groups is 1. The van der Waals surface area contributed by atoms with Crippen LogP contribution in [0.4, 0.5) is 0 Å². The fraction of sp³-hybridized carbons (Fsp3) is 1.00. The van der Waals surface area contributed by atoms with E-state index in [1.54, 1.807) is 0 Å². The quantitative estimate of drug-likeness (QED) is 0.406. The van der Waals surface area contributed by atoms with Gasteiger partial charge in [0.2, 0.25) is 0 Å². The summed E-state index contributed by atoms with van der Waals surface area (Å²) < 4.78 is 5.18. The Bertz CT molecular complexity index is 127. The Hall–Kier alpha value is -0.200. The van der Waals surface area contributed by atoms with E-state index in [9.17, 15) is 0 Å². The van der Waals surface area contributed by atoms with E-state index in [4.69, 9.17) is 15.7 Å². The Morgan fingerprint density at radius 1 is 1.15 bits per heavy atom. The molecule has 0 atom stereocenters. The molecule has 0 aromatic carbocycles. The van der Waals surface area contributed by atoms with Gasteiger partial charge in [0.05, 0.1) is 19.8 Å². The Kier molecular flexibility index (Phi) is 5.26. The summed E-state index contributed by atoms with van der Waals surface area (Å²) in [5.41, 5.74) is 0. The molecule has 1 fully saturated rings. The summed E-state index contributed by atoms with van der Waals surface area (Å²) in [5.74, 6) is 5.62. The molecule has 0 radical (unpaired) electrons. The molecule has 0 unspecified atom stereocenters.